The number of anilines is 1. The van der Waals surface area contributed by atoms with Gasteiger partial charge in [0.05, 0.1) is 23.8 Å². The van der Waals surface area contributed by atoms with E-state index >= 15 is 4.39 Å². The Morgan fingerprint density at radius 2 is 2.12 bits per heavy atom. The zero-order chi connectivity index (χ0) is 28.8. The highest BCUT2D eigenvalue weighted by Crippen LogP contribution is 2.44. The maximum absolute atomic E-state index is 15.0. The monoisotopic (exact) mass is 549 g/mol. The van der Waals surface area contributed by atoms with Gasteiger partial charge in [-0.3, -0.25) is 9.59 Å². The summed E-state index contributed by atoms with van der Waals surface area (Å²) in [5.74, 6) is -0.173. The van der Waals surface area contributed by atoms with Crippen LogP contribution in [0, 0.1) is 24.1 Å². The summed E-state index contributed by atoms with van der Waals surface area (Å²) in [4.78, 5) is 41.2. The smallest absolute Gasteiger partial charge is 0.254 e. The topological polar surface area (TPSA) is 105 Å². The van der Waals surface area contributed by atoms with Crippen molar-refractivity contribution in [1.29, 1.82) is 5.26 Å². The Morgan fingerprint density at radius 3 is 2.77 bits per heavy atom. The predicted molar refractivity (Wildman–Crippen MR) is 144 cm³/mol. The summed E-state index contributed by atoms with van der Waals surface area (Å²) in [6, 6.07) is 5.82. The second-order valence-electron chi connectivity index (χ2n) is 11.0. The number of aryl methyl sites for hydroxylation is 1. The fourth-order valence-corrected chi connectivity index (χ4v) is 6.23. The molecule has 0 aliphatic carbocycles. The number of carbonyl (C=O) groups is 2. The minimum absolute atomic E-state index is 0.0320. The molecule has 3 aliphatic heterocycles. The van der Waals surface area contributed by atoms with Crippen molar-refractivity contribution in [3.63, 3.8) is 0 Å². The second kappa shape index (κ2) is 10.6. The predicted octanol–water partition coefficient (Wildman–Crippen LogP) is 3.36. The molecule has 3 atom stereocenters. The van der Waals surface area contributed by atoms with Crippen LogP contribution in [0.4, 0.5) is 14.6 Å². The lowest BCUT2D eigenvalue weighted by Gasteiger charge is -2.44. The Bertz CT molecular complexity index is 1440. The Labute approximate surface area is 232 Å². The number of likely N-dealkylation sites (tertiary alicyclic amines) is 1. The minimum atomic E-state index is -1.05. The van der Waals surface area contributed by atoms with Gasteiger partial charge < -0.3 is 20.0 Å². The van der Waals surface area contributed by atoms with Crippen LogP contribution in [-0.4, -0.2) is 75.9 Å². The molecule has 40 heavy (non-hydrogen) atoms. The largest absolute Gasteiger partial charge is 0.363 e. The standard InChI is InChI=1S/C29H33F2N7O2/c1-17-12-21(8-10-37(17)24(39)13-30)38-15-23-26(29(28(38)40)9-11-36(4)16-29)34-19(3)35-27(23)33-18(2)22-7-5-6-20(14-32)25(22)31/h5-8,17-18H,9-13,15-16H2,1-4H3,(H,33,34,35)/t17-,18-,29?/m1/s1. The summed E-state index contributed by atoms with van der Waals surface area (Å²) in [6.45, 7) is 6.04. The van der Waals surface area contributed by atoms with Crippen LogP contribution in [0.1, 0.15) is 60.9 Å². The fourth-order valence-electron chi connectivity index (χ4n) is 6.23. The molecule has 5 rings (SSSR count). The summed E-state index contributed by atoms with van der Waals surface area (Å²) in [7, 11) is 1.98. The van der Waals surface area contributed by atoms with Crippen LogP contribution < -0.4 is 5.32 Å². The maximum Gasteiger partial charge on any atom is 0.254 e. The lowest BCUT2D eigenvalue weighted by Crippen LogP contribution is -2.54. The molecule has 1 spiro atoms. The minimum Gasteiger partial charge on any atom is -0.363 e. The van der Waals surface area contributed by atoms with Crippen LogP contribution in [0.15, 0.2) is 30.0 Å². The number of aromatic nitrogens is 2. The number of fused-ring (bicyclic) bond motifs is 2. The highest BCUT2D eigenvalue weighted by atomic mass is 19.1. The quantitative estimate of drug-likeness (QED) is 0.610. The number of alkyl halides is 1. The van der Waals surface area contributed by atoms with Gasteiger partial charge in [0, 0.05) is 42.4 Å². The maximum atomic E-state index is 15.0. The van der Waals surface area contributed by atoms with E-state index in [0.717, 1.165) is 17.8 Å². The molecule has 0 radical (unpaired) electrons. The molecule has 1 N–H and O–H groups in total. The highest BCUT2D eigenvalue weighted by Gasteiger charge is 2.54. The molecule has 2 amide bonds. The first-order valence-electron chi connectivity index (χ1n) is 13.5. The molecule has 1 aromatic heterocycles. The zero-order valence-electron chi connectivity index (χ0n) is 23.2. The average molecular weight is 550 g/mol. The van der Waals surface area contributed by atoms with Crippen molar-refractivity contribution < 1.29 is 18.4 Å². The van der Waals surface area contributed by atoms with Gasteiger partial charge in [0.25, 0.3) is 5.91 Å². The molecule has 2 aromatic rings. The molecule has 1 fully saturated rings. The van der Waals surface area contributed by atoms with Gasteiger partial charge in [-0.2, -0.15) is 5.26 Å². The molecule has 3 aliphatic rings. The summed E-state index contributed by atoms with van der Waals surface area (Å²) in [6.07, 6.45) is 2.83. The normalized spacial score (nSPS) is 23.6. The summed E-state index contributed by atoms with van der Waals surface area (Å²) < 4.78 is 28.1. The van der Waals surface area contributed by atoms with Crippen LogP contribution in [0.3, 0.4) is 0 Å². The third-order valence-corrected chi connectivity index (χ3v) is 8.31. The number of likely N-dealkylation sites (N-methyl/N-ethyl adjacent to an activating group) is 1. The van der Waals surface area contributed by atoms with Gasteiger partial charge in [0.1, 0.15) is 28.9 Å². The Hall–Kier alpha value is -3.91. The van der Waals surface area contributed by atoms with Crippen LogP contribution in [0.5, 0.6) is 0 Å². The first-order valence-corrected chi connectivity index (χ1v) is 13.5. The summed E-state index contributed by atoms with van der Waals surface area (Å²) >= 11 is 0. The molecular weight excluding hydrogens is 516 g/mol. The van der Waals surface area contributed by atoms with Gasteiger partial charge in [-0.1, -0.05) is 12.1 Å². The Balaban J connectivity index is 1.57. The number of benzene rings is 1. The van der Waals surface area contributed by atoms with E-state index in [4.69, 9.17) is 4.98 Å². The number of nitriles is 1. The van der Waals surface area contributed by atoms with Gasteiger partial charge in [0.15, 0.2) is 6.67 Å². The third kappa shape index (κ3) is 4.60. The van der Waals surface area contributed by atoms with E-state index in [0.29, 0.717) is 42.3 Å². The van der Waals surface area contributed by atoms with E-state index in [2.05, 4.69) is 15.2 Å². The number of rotatable bonds is 5. The van der Waals surface area contributed by atoms with Crippen molar-refractivity contribution in [3.8, 4) is 6.07 Å². The van der Waals surface area contributed by atoms with Crippen molar-refractivity contribution in [2.45, 2.75) is 57.7 Å². The van der Waals surface area contributed by atoms with E-state index in [9.17, 15) is 19.2 Å². The molecule has 1 unspecified atom stereocenters. The van der Waals surface area contributed by atoms with Crippen LogP contribution in [0.25, 0.3) is 0 Å². The number of nitrogens with one attached hydrogen (secondary N) is 1. The molecule has 4 heterocycles. The highest BCUT2D eigenvalue weighted by molar-refractivity contribution is 5.92. The molecule has 0 bridgehead atoms. The average Bonchev–Trinajstić information content (AvgIpc) is 3.33. The number of hydrogen-bond donors (Lipinski definition) is 1. The molecule has 0 saturated carbocycles. The summed E-state index contributed by atoms with van der Waals surface area (Å²) in [5, 5.41) is 12.6. The van der Waals surface area contributed by atoms with Crippen molar-refractivity contribution in [1.82, 2.24) is 24.7 Å². The van der Waals surface area contributed by atoms with E-state index in [1.165, 1.54) is 11.0 Å². The van der Waals surface area contributed by atoms with E-state index in [1.807, 2.05) is 26.1 Å². The van der Waals surface area contributed by atoms with Crippen LogP contribution in [0.2, 0.25) is 0 Å². The van der Waals surface area contributed by atoms with Crippen molar-refractivity contribution >= 4 is 17.6 Å². The zero-order valence-corrected chi connectivity index (χ0v) is 23.2. The number of amides is 2. The van der Waals surface area contributed by atoms with Crippen molar-refractivity contribution in [2.75, 3.05) is 38.7 Å². The van der Waals surface area contributed by atoms with Gasteiger partial charge in [-0.15, -0.1) is 0 Å². The van der Waals surface area contributed by atoms with E-state index in [1.54, 1.807) is 30.9 Å². The van der Waals surface area contributed by atoms with E-state index in [-0.39, 0.29) is 30.6 Å². The molecule has 1 aromatic carbocycles. The molecule has 210 valence electrons. The summed E-state index contributed by atoms with van der Waals surface area (Å²) in [5.41, 5.74) is 1.66. The van der Waals surface area contributed by atoms with E-state index < -0.39 is 29.9 Å². The first-order chi connectivity index (χ1) is 19.1. The fraction of sp³-hybridized carbons (Fsp3) is 0.483. The van der Waals surface area contributed by atoms with Gasteiger partial charge in [0.2, 0.25) is 5.91 Å². The SMILES string of the molecule is Cc1nc(N[C@H](C)c2cccc(C#N)c2F)c2c(n1)C1(CCN(C)C1)C(=O)N(C1=CCN(C(=O)CF)[C@H](C)C1)C2. The van der Waals surface area contributed by atoms with Gasteiger partial charge >= 0.3 is 0 Å². The van der Waals surface area contributed by atoms with Crippen LogP contribution in [-0.2, 0) is 21.5 Å². The third-order valence-electron chi connectivity index (χ3n) is 8.31. The molecule has 11 heteroatoms. The molecule has 1 saturated heterocycles. The number of carbonyl (C=O) groups excluding carboxylic acids is 2. The Morgan fingerprint density at radius 1 is 1.35 bits per heavy atom. The lowest BCUT2D eigenvalue weighted by molar-refractivity contribution is -0.137. The van der Waals surface area contributed by atoms with Gasteiger partial charge in [-0.25, -0.2) is 18.7 Å². The molecule has 9 nitrogen and oxygen atoms in total. The number of nitrogens with zero attached hydrogens (tertiary/aromatic N) is 6. The number of halogens is 2. The number of hydrogen-bond acceptors (Lipinski definition) is 7. The molecular formula is C29H33F2N7O2. The second-order valence-corrected chi connectivity index (χ2v) is 11.0. The Kier molecular flexibility index (Phi) is 7.31. The first kappa shape index (κ1) is 27.6. The van der Waals surface area contributed by atoms with Gasteiger partial charge in [-0.05, 0) is 52.9 Å². The van der Waals surface area contributed by atoms with Crippen molar-refractivity contribution in [3.05, 3.63) is 64.0 Å². The lowest BCUT2D eigenvalue weighted by atomic mass is 9.76. The van der Waals surface area contributed by atoms with Crippen molar-refractivity contribution in [2.24, 2.45) is 0 Å². The van der Waals surface area contributed by atoms with Crippen LogP contribution >= 0.6 is 0 Å².